The summed E-state index contributed by atoms with van der Waals surface area (Å²) >= 11 is 1.18. The average Bonchev–Trinajstić information content (AvgIpc) is 3.09. The number of furan rings is 1. The maximum absolute atomic E-state index is 11.9. The highest BCUT2D eigenvalue weighted by atomic mass is 32.1. The van der Waals surface area contributed by atoms with E-state index in [2.05, 4.69) is 10.3 Å². The molecular weight excluding hydrogens is 318 g/mol. The highest BCUT2D eigenvalue weighted by molar-refractivity contribution is 7.22. The molecule has 0 radical (unpaired) electrons. The fourth-order valence-electron chi connectivity index (χ4n) is 1.93. The Bertz CT molecular complexity index is 926. The fraction of sp³-hybridized carbons (Fsp3) is 0.0667. The summed E-state index contributed by atoms with van der Waals surface area (Å²) in [6.45, 7) is 1.82. The van der Waals surface area contributed by atoms with Crippen LogP contribution in [-0.2, 0) is 4.79 Å². The molecule has 0 saturated carbocycles. The Morgan fingerprint density at radius 1 is 1.39 bits per heavy atom. The SMILES string of the molecule is Cc1ccc(C=CC(=O)Nc2nc3ccc([N+](=O)[O-])cc3s2)o1. The second kappa shape index (κ2) is 6.01. The van der Waals surface area contributed by atoms with Gasteiger partial charge in [0.2, 0.25) is 5.91 Å². The maximum Gasteiger partial charge on any atom is 0.270 e. The Morgan fingerprint density at radius 2 is 2.22 bits per heavy atom. The number of aryl methyl sites for hydroxylation is 1. The van der Waals surface area contributed by atoms with Gasteiger partial charge in [-0.2, -0.15) is 0 Å². The largest absolute Gasteiger partial charge is 0.462 e. The molecule has 0 fully saturated rings. The summed E-state index contributed by atoms with van der Waals surface area (Å²) in [5, 5.41) is 13.8. The maximum atomic E-state index is 11.9. The molecule has 2 aromatic heterocycles. The lowest BCUT2D eigenvalue weighted by molar-refractivity contribution is -0.384. The number of aromatic nitrogens is 1. The van der Waals surface area contributed by atoms with E-state index in [0.717, 1.165) is 5.76 Å². The molecule has 0 spiro atoms. The topological polar surface area (TPSA) is 98.3 Å². The van der Waals surface area contributed by atoms with Crippen molar-refractivity contribution < 1.29 is 14.1 Å². The highest BCUT2D eigenvalue weighted by Crippen LogP contribution is 2.29. The standard InChI is InChI=1S/C15H11N3O4S/c1-9-2-4-11(22-9)5-7-14(19)17-15-16-12-6-3-10(18(20)21)8-13(12)23-15/h2-8H,1H3,(H,16,17,19). The van der Waals surface area contributed by atoms with Gasteiger partial charge < -0.3 is 4.42 Å². The van der Waals surface area contributed by atoms with Crippen molar-refractivity contribution in [3.8, 4) is 0 Å². The number of non-ortho nitro benzene ring substituents is 1. The van der Waals surface area contributed by atoms with Gasteiger partial charge in [0.15, 0.2) is 5.13 Å². The number of nitro groups is 1. The smallest absolute Gasteiger partial charge is 0.270 e. The van der Waals surface area contributed by atoms with Crippen LogP contribution in [0.5, 0.6) is 0 Å². The number of nitrogens with one attached hydrogen (secondary N) is 1. The summed E-state index contributed by atoms with van der Waals surface area (Å²) < 4.78 is 5.96. The molecule has 0 saturated heterocycles. The van der Waals surface area contributed by atoms with E-state index in [0.29, 0.717) is 21.1 Å². The van der Waals surface area contributed by atoms with Crippen LogP contribution in [0.15, 0.2) is 40.8 Å². The van der Waals surface area contributed by atoms with Crippen LogP contribution in [0.1, 0.15) is 11.5 Å². The van der Waals surface area contributed by atoms with Gasteiger partial charge in [0.05, 0.1) is 15.1 Å². The molecule has 7 nitrogen and oxygen atoms in total. The Morgan fingerprint density at radius 3 is 2.91 bits per heavy atom. The Kier molecular flexibility index (Phi) is 3.90. The molecule has 0 aliphatic carbocycles. The van der Waals surface area contributed by atoms with Gasteiger partial charge in [-0.1, -0.05) is 11.3 Å². The van der Waals surface area contributed by atoms with E-state index >= 15 is 0 Å². The van der Waals surface area contributed by atoms with E-state index in [4.69, 9.17) is 4.42 Å². The molecule has 0 aliphatic heterocycles. The molecule has 0 aliphatic rings. The number of nitrogens with zero attached hydrogens (tertiary/aromatic N) is 2. The molecule has 1 N–H and O–H groups in total. The third-order valence-corrected chi connectivity index (χ3v) is 3.91. The Balaban J connectivity index is 1.74. The van der Waals surface area contributed by atoms with Gasteiger partial charge in [0.25, 0.3) is 5.69 Å². The van der Waals surface area contributed by atoms with Gasteiger partial charge in [-0.05, 0) is 31.2 Å². The molecule has 2 heterocycles. The lowest BCUT2D eigenvalue weighted by Crippen LogP contribution is -2.07. The first-order valence-corrected chi connectivity index (χ1v) is 7.43. The second-order valence-electron chi connectivity index (χ2n) is 4.70. The van der Waals surface area contributed by atoms with Crippen LogP contribution in [0.3, 0.4) is 0 Å². The van der Waals surface area contributed by atoms with Gasteiger partial charge in [-0.25, -0.2) is 4.98 Å². The van der Waals surface area contributed by atoms with Crippen molar-refractivity contribution >= 4 is 44.4 Å². The first-order valence-electron chi connectivity index (χ1n) is 6.62. The van der Waals surface area contributed by atoms with Crippen molar-refractivity contribution in [2.75, 3.05) is 5.32 Å². The molecule has 116 valence electrons. The number of amides is 1. The van der Waals surface area contributed by atoms with Crippen molar-refractivity contribution in [3.05, 3.63) is 58.0 Å². The van der Waals surface area contributed by atoms with Crippen LogP contribution in [-0.4, -0.2) is 15.8 Å². The number of thiazole rings is 1. The number of nitro benzene ring substituents is 1. The average molecular weight is 329 g/mol. The van der Waals surface area contributed by atoms with Crippen LogP contribution in [0.25, 0.3) is 16.3 Å². The molecule has 0 unspecified atom stereocenters. The Hall–Kier alpha value is -3.00. The number of fused-ring (bicyclic) bond motifs is 1. The molecule has 1 amide bonds. The predicted molar refractivity (Wildman–Crippen MR) is 87.4 cm³/mol. The van der Waals surface area contributed by atoms with Crippen molar-refractivity contribution in [2.24, 2.45) is 0 Å². The summed E-state index contributed by atoms with van der Waals surface area (Å²) in [5.74, 6) is 0.989. The van der Waals surface area contributed by atoms with Crippen LogP contribution in [0.4, 0.5) is 10.8 Å². The van der Waals surface area contributed by atoms with E-state index in [1.165, 1.54) is 29.5 Å². The summed E-state index contributed by atoms with van der Waals surface area (Å²) in [5.41, 5.74) is 0.591. The van der Waals surface area contributed by atoms with Gasteiger partial charge in [-0.15, -0.1) is 0 Å². The number of hydrogen-bond acceptors (Lipinski definition) is 6. The first kappa shape index (κ1) is 14.9. The lowest BCUT2D eigenvalue weighted by atomic mass is 10.3. The normalized spacial score (nSPS) is 11.2. The van der Waals surface area contributed by atoms with Crippen molar-refractivity contribution in [1.29, 1.82) is 0 Å². The molecular formula is C15H11N3O4S. The summed E-state index contributed by atoms with van der Waals surface area (Å²) in [7, 11) is 0. The third kappa shape index (κ3) is 3.43. The monoisotopic (exact) mass is 329 g/mol. The summed E-state index contributed by atoms with van der Waals surface area (Å²) in [4.78, 5) is 26.4. The minimum Gasteiger partial charge on any atom is -0.462 e. The van der Waals surface area contributed by atoms with E-state index in [9.17, 15) is 14.9 Å². The number of carbonyl (C=O) groups excluding carboxylic acids is 1. The van der Waals surface area contributed by atoms with Gasteiger partial charge in [0, 0.05) is 18.2 Å². The minimum atomic E-state index is -0.467. The van der Waals surface area contributed by atoms with Gasteiger partial charge >= 0.3 is 0 Å². The van der Waals surface area contributed by atoms with Crippen LogP contribution in [0.2, 0.25) is 0 Å². The van der Waals surface area contributed by atoms with E-state index in [-0.39, 0.29) is 11.6 Å². The lowest BCUT2D eigenvalue weighted by Gasteiger charge is -1.94. The van der Waals surface area contributed by atoms with Crippen molar-refractivity contribution in [3.63, 3.8) is 0 Å². The molecule has 0 atom stereocenters. The second-order valence-corrected chi connectivity index (χ2v) is 5.73. The number of benzene rings is 1. The van der Waals surface area contributed by atoms with Crippen LogP contribution in [0, 0.1) is 17.0 Å². The van der Waals surface area contributed by atoms with Gasteiger partial charge in [-0.3, -0.25) is 20.2 Å². The minimum absolute atomic E-state index is 0.00730. The molecule has 1 aromatic carbocycles. The Labute approximate surface area is 134 Å². The zero-order valence-electron chi connectivity index (χ0n) is 12.0. The van der Waals surface area contributed by atoms with Gasteiger partial charge in [0.1, 0.15) is 11.5 Å². The number of rotatable bonds is 4. The van der Waals surface area contributed by atoms with E-state index < -0.39 is 4.92 Å². The van der Waals surface area contributed by atoms with E-state index in [1.54, 1.807) is 24.3 Å². The first-order chi connectivity index (χ1) is 11.0. The summed E-state index contributed by atoms with van der Waals surface area (Å²) in [6.07, 6.45) is 2.90. The summed E-state index contributed by atoms with van der Waals surface area (Å²) in [6, 6.07) is 7.94. The van der Waals surface area contributed by atoms with E-state index in [1.807, 2.05) is 6.92 Å². The molecule has 8 heteroatoms. The van der Waals surface area contributed by atoms with Crippen molar-refractivity contribution in [1.82, 2.24) is 4.98 Å². The predicted octanol–water partition coefficient (Wildman–Crippen LogP) is 3.76. The molecule has 3 rings (SSSR count). The fourth-order valence-corrected chi connectivity index (χ4v) is 2.83. The van der Waals surface area contributed by atoms with Crippen LogP contribution >= 0.6 is 11.3 Å². The quantitative estimate of drug-likeness (QED) is 0.446. The highest BCUT2D eigenvalue weighted by Gasteiger charge is 2.11. The zero-order valence-corrected chi connectivity index (χ0v) is 12.8. The van der Waals surface area contributed by atoms with Crippen LogP contribution < -0.4 is 5.32 Å². The molecule has 0 bridgehead atoms. The van der Waals surface area contributed by atoms with Crippen molar-refractivity contribution in [2.45, 2.75) is 6.92 Å². The number of anilines is 1. The molecule has 3 aromatic rings. The number of carbonyl (C=O) groups is 1. The third-order valence-electron chi connectivity index (χ3n) is 2.97. The molecule has 23 heavy (non-hydrogen) atoms. The number of hydrogen-bond donors (Lipinski definition) is 1. The zero-order chi connectivity index (χ0) is 16.4.